The quantitative estimate of drug-likeness (QED) is 0.930. The molecule has 0 aromatic heterocycles. The van der Waals surface area contributed by atoms with Gasteiger partial charge in [0, 0.05) is 15.9 Å². The Hall–Kier alpha value is -1.34. The summed E-state index contributed by atoms with van der Waals surface area (Å²) < 4.78 is 1.06. The van der Waals surface area contributed by atoms with Crippen molar-refractivity contribution >= 4 is 21.8 Å². The minimum atomic E-state index is -0.187. The lowest BCUT2D eigenvalue weighted by Gasteiger charge is -2.24. The predicted molar refractivity (Wildman–Crippen MR) is 72.9 cm³/mol. The highest BCUT2D eigenvalue weighted by molar-refractivity contribution is 9.10. The van der Waals surface area contributed by atoms with Crippen molar-refractivity contribution in [2.75, 3.05) is 0 Å². The predicted octanol–water partition coefficient (Wildman–Crippen LogP) is 2.90. The molecule has 1 amide bonds. The molecule has 1 aromatic carbocycles. The SMILES string of the molecule is CC(NC(=O)CC#N)C1(c2ccc(Br)cc2)CC1. The Morgan fingerprint density at radius 1 is 1.50 bits per heavy atom. The number of hydrogen-bond donors (Lipinski definition) is 1. The van der Waals surface area contributed by atoms with Crippen molar-refractivity contribution in [3.63, 3.8) is 0 Å². The Morgan fingerprint density at radius 2 is 2.11 bits per heavy atom. The Morgan fingerprint density at radius 3 is 2.61 bits per heavy atom. The van der Waals surface area contributed by atoms with E-state index >= 15 is 0 Å². The lowest BCUT2D eigenvalue weighted by atomic mass is 9.89. The molecule has 0 bridgehead atoms. The first kappa shape index (κ1) is 13.1. The molecule has 4 heteroatoms. The highest BCUT2D eigenvalue weighted by atomic mass is 79.9. The molecule has 0 heterocycles. The van der Waals surface area contributed by atoms with Crippen molar-refractivity contribution < 1.29 is 4.79 Å². The number of carbonyl (C=O) groups excluding carboxylic acids is 1. The molecular formula is C14H15BrN2O. The van der Waals surface area contributed by atoms with Gasteiger partial charge in [-0.25, -0.2) is 0 Å². The lowest BCUT2D eigenvalue weighted by Crippen LogP contribution is -2.41. The average molecular weight is 307 g/mol. The summed E-state index contributed by atoms with van der Waals surface area (Å²) in [5, 5.41) is 11.4. The van der Waals surface area contributed by atoms with E-state index in [0.29, 0.717) is 0 Å². The molecule has 18 heavy (non-hydrogen) atoms. The molecule has 1 aromatic rings. The van der Waals surface area contributed by atoms with Gasteiger partial charge in [-0.15, -0.1) is 0 Å². The molecule has 1 unspecified atom stereocenters. The van der Waals surface area contributed by atoms with Crippen LogP contribution < -0.4 is 5.32 Å². The number of nitrogens with one attached hydrogen (secondary N) is 1. The third kappa shape index (κ3) is 2.56. The van der Waals surface area contributed by atoms with Gasteiger partial charge in [0.05, 0.1) is 6.07 Å². The van der Waals surface area contributed by atoms with E-state index in [-0.39, 0.29) is 23.8 Å². The molecule has 3 nitrogen and oxygen atoms in total. The Labute approximate surface area is 115 Å². The van der Waals surface area contributed by atoms with E-state index in [0.717, 1.165) is 17.3 Å². The van der Waals surface area contributed by atoms with E-state index in [1.807, 2.05) is 25.1 Å². The standard InChI is InChI=1S/C14H15BrN2O/c1-10(17-13(18)6-9-16)14(7-8-14)11-2-4-12(15)5-3-11/h2-5,10H,6-8H2,1H3,(H,17,18). The largest absolute Gasteiger partial charge is 0.352 e. The van der Waals surface area contributed by atoms with Crippen LogP contribution in [0.1, 0.15) is 31.7 Å². The van der Waals surface area contributed by atoms with Crippen molar-refractivity contribution in [1.29, 1.82) is 5.26 Å². The molecule has 0 aliphatic heterocycles. The summed E-state index contributed by atoms with van der Waals surface area (Å²) >= 11 is 3.42. The Balaban J connectivity index is 2.10. The second kappa shape index (κ2) is 5.11. The maximum atomic E-state index is 11.5. The third-order valence-corrected chi connectivity index (χ3v) is 4.18. The zero-order valence-electron chi connectivity index (χ0n) is 10.2. The summed E-state index contributed by atoms with van der Waals surface area (Å²) in [4.78, 5) is 11.5. The first-order valence-corrected chi connectivity index (χ1v) is 6.80. The van der Waals surface area contributed by atoms with Gasteiger partial charge in [-0.05, 0) is 37.5 Å². The third-order valence-electron chi connectivity index (χ3n) is 3.65. The molecular weight excluding hydrogens is 292 g/mol. The average Bonchev–Trinajstić information content (AvgIpc) is 3.11. The number of halogens is 1. The fourth-order valence-corrected chi connectivity index (χ4v) is 2.65. The van der Waals surface area contributed by atoms with E-state index in [4.69, 9.17) is 5.26 Å². The van der Waals surface area contributed by atoms with Gasteiger partial charge in [0.25, 0.3) is 0 Å². The van der Waals surface area contributed by atoms with E-state index in [2.05, 4.69) is 33.4 Å². The van der Waals surface area contributed by atoms with Gasteiger partial charge in [-0.3, -0.25) is 4.79 Å². The minimum absolute atomic E-state index is 0.0613. The topological polar surface area (TPSA) is 52.9 Å². The second-order valence-electron chi connectivity index (χ2n) is 4.79. The number of nitrogens with zero attached hydrogens (tertiary/aromatic N) is 1. The summed E-state index contributed by atoms with van der Waals surface area (Å²) in [6.07, 6.45) is 2.10. The highest BCUT2D eigenvalue weighted by Gasteiger charge is 2.49. The van der Waals surface area contributed by atoms with Crippen molar-refractivity contribution in [2.45, 2.75) is 37.6 Å². The van der Waals surface area contributed by atoms with E-state index in [1.165, 1.54) is 5.56 Å². The fourth-order valence-electron chi connectivity index (χ4n) is 2.39. The maximum Gasteiger partial charge on any atom is 0.234 e. The molecule has 1 aliphatic rings. The molecule has 1 atom stereocenters. The first-order chi connectivity index (χ1) is 8.58. The van der Waals surface area contributed by atoms with E-state index in [9.17, 15) is 4.79 Å². The van der Waals surface area contributed by atoms with Crippen LogP contribution in [0.5, 0.6) is 0 Å². The maximum absolute atomic E-state index is 11.5. The number of rotatable bonds is 4. The Kier molecular flexibility index (Phi) is 3.72. The molecule has 1 N–H and O–H groups in total. The number of amides is 1. The van der Waals surface area contributed by atoms with Crippen LogP contribution in [0.4, 0.5) is 0 Å². The van der Waals surface area contributed by atoms with E-state index in [1.54, 1.807) is 0 Å². The molecule has 1 fully saturated rings. The van der Waals surface area contributed by atoms with Crippen molar-refractivity contribution in [3.05, 3.63) is 34.3 Å². The van der Waals surface area contributed by atoms with Crippen molar-refractivity contribution in [1.82, 2.24) is 5.32 Å². The van der Waals surface area contributed by atoms with Gasteiger partial charge >= 0.3 is 0 Å². The van der Waals surface area contributed by atoms with Crippen LogP contribution in [0.2, 0.25) is 0 Å². The van der Waals surface area contributed by atoms with Crippen molar-refractivity contribution in [3.8, 4) is 6.07 Å². The van der Waals surface area contributed by atoms with Gasteiger partial charge in [-0.2, -0.15) is 5.26 Å². The molecule has 1 saturated carbocycles. The van der Waals surface area contributed by atoms with Gasteiger partial charge in [-0.1, -0.05) is 28.1 Å². The van der Waals surface area contributed by atoms with E-state index < -0.39 is 0 Å². The monoisotopic (exact) mass is 306 g/mol. The molecule has 0 spiro atoms. The molecule has 0 radical (unpaired) electrons. The fraction of sp³-hybridized carbons (Fsp3) is 0.429. The summed E-state index contributed by atoms with van der Waals surface area (Å²) in [6.45, 7) is 2.02. The molecule has 1 aliphatic carbocycles. The molecule has 2 rings (SSSR count). The van der Waals surface area contributed by atoms with Gasteiger partial charge < -0.3 is 5.32 Å². The summed E-state index contributed by atoms with van der Waals surface area (Å²) in [6, 6.07) is 10.2. The van der Waals surface area contributed by atoms with Crippen LogP contribution in [0.15, 0.2) is 28.7 Å². The minimum Gasteiger partial charge on any atom is -0.352 e. The number of benzene rings is 1. The Bertz CT molecular complexity index is 486. The molecule has 0 saturated heterocycles. The van der Waals surface area contributed by atoms with Crippen LogP contribution in [0.25, 0.3) is 0 Å². The summed E-state index contributed by atoms with van der Waals surface area (Å²) in [5.41, 5.74) is 1.32. The second-order valence-corrected chi connectivity index (χ2v) is 5.70. The van der Waals surface area contributed by atoms with Gasteiger partial charge in [0.2, 0.25) is 5.91 Å². The van der Waals surface area contributed by atoms with Gasteiger partial charge in [0.1, 0.15) is 6.42 Å². The lowest BCUT2D eigenvalue weighted by molar-refractivity contribution is -0.120. The summed E-state index contributed by atoms with van der Waals surface area (Å²) in [7, 11) is 0. The summed E-state index contributed by atoms with van der Waals surface area (Å²) in [5.74, 6) is -0.187. The van der Waals surface area contributed by atoms with Crippen LogP contribution in [-0.2, 0) is 10.2 Å². The zero-order valence-corrected chi connectivity index (χ0v) is 11.8. The molecule has 94 valence electrons. The highest BCUT2D eigenvalue weighted by Crippen LogP contribution is 2.51. The van der Waals surface area contributed by atoms with Crippen LogP contribution in [0, 0.1) is 11.3 Å². The van der Waals surface area contributed by atoms with Crippen LogP contribution in [-0.4, -0.2) is 11.9 Å². The first-order valence-electron chi connectivity index (χ1n) is 6.01. The number of carbonyl (C=O) groups is 1. The number of nitriles is 1. The smallest absolute Gasteiger partial charge is 0.234 e. The number of hydrogen-bond acceptors (Lipinski definition) is 2. The van der Waals surface area contributed by atoms with Crippen LogP contribution >= 0.6 is 15.9 Å². The zero-order chi connectivity index (χ0) is 13.2. The van der Waals surface area contributed by atoms with Crippen LogP contribution in [0.3, 0.4) is 0 Å². The normalized spacial score (nSPS) is 17.6. The van der Waals surface area contributed by atoms with Gasteiger partial charge in [0.15, 0.2) is 0 Å². The van der Waals surface area contributed by atoms with Crippen molar-refractivity contribution in [2.24, 2.45) is 0 Å².